The normalized spacial score (nSPS) is 19.1. The molecule has 142 valence electrons. The Morgan fingerprint density at radius 3 is 2.19 bits per heavy atom. The zero-order valence-corrected chi connectivity index (χ0v) is 14.7. The highest BCUT2D eigenvalue weighted by Gasteiger charge is 2.23. The van der Waals surface area contributed by atoms with E-state index in [0.717, 1.165) is 25.7 Å². The van der Waals surface area contributed by atoms with Crippen molar-refractivity contribution in [3.05, 3.63) is 59.9 Å². The van der Waals surface area contributed by atoms with Crippen LogP contribution in [0.1, 0.15) is 36.0 Å². The van der Waals surface area contributed by atoms with Gasteiger partial charge in [0.1, 0.15) is 11.6 Å². The molecule has 0 heterocycles. The number of carboxylic acids is 1. The first-order chi connectivity index (χ1) is 13.0. The predicted octanol–water partition coefficient (Wildman–Crippen LogP) is 4.04. The molecule has 3 N–H and O–H groups in total. The fourth-order valence-electron chi connectivity index (χ4n) is 3.08. The number of anilines is 1. The molecule has 0 aromatic heterocycles. The molecule has 2 amide bonds. The molecule has 0 atom stereocenters. The highest BCUT2D eigenvalue weighted by Crippen LogP contribution is 2.24. The molecule has 2 aromatic rings. The summed E-state index contributed by atoms with van der Waals surface area (Å²) in [7, 11) is 0. The minimum absolute atomic E-state index is 0.0406. The standard InChI is InChI=1S/C20H21FN2O4/c21-14-3-5-15(6-4-14)22-20(26)23-16-7-11-18(12-8-16)27-17-9-1-13(2-10-17)19(24)25/h1-6,9-10,16,18H,7-8,11-12H2,(H,24,25)(H2,22,23,26). The molecule has 0 unspecified atom stereocenters. The van der Waals surface area contributed by atoms with Crippen molar-refractivity contribution in [2.24, 2.45) is 0 Å². The third-order valence-corrected chi connectivity index (χ3v) is 4.52. The molecule has 1 aliphatic carbocycles. The van der Waals surface area contributed by atoms with E-state index in [2.05, 4.69) is 10.6 Å². The third kappa shape index (κ3) is 5.44. The lowest BCUT2D eigenvalue weighted by Gasteiger charge is -2.29. The first kappa shape index (κ1) is 18.7. The maximum Gasteiger partial charge on any atom is 0.335 e. The Bertz CT molecular complexity index is 785. The fraction of sp³-hybridized carbons (Fsp3) is 0.300. The largest absolute Gasteiger partial charge is 0.490 e. The minimum Gasteiger partial charge on any atom is -0.490 e. The lowest BCUT2D eigenvalue weighted by molar-refractivity contribution is 0.0696. The number of carbonyl (C=O) groups is 2. The number of aromatic carboxylic acids is 1. The number of urea groups is 1. The Labute approximate surface area is 156 Å². The second kappa shape index (κ2) is 8.53. The van der Waals surface area contributed by atoms with E-state index in [0.29, 0.717) is 11.4 Å². The van der Waals surface area contributed by atoms with Crippen LogP contribution < -0.4 is 15.4 Å². The van der Waals surface area contributed by atoms with Crippen LogP contribution in [0, 0.1) is 5.82 Å². The number of carboxylic acid groups (broad SMARTS) is 1. The molecule has 6 nitrogen and oxygen atoms in total. The van der Waals surface area contributed by atoms with Gasteiger partial charge in [0.15, 0.2) is 0 Å². The van der Waals surface area contributed by atoms with Crippen molar-refractivity contribution in [1.29, 1.82) is 0 Å². The molecule has 3 rings (SSSR count). The number of nitrogens with one attached hydrogen (secondary N) is 2. The number of amides is 2. The monoisotopic (exact) mass is 372 g/mol. The first-order valence-electron chi connectivity index (χ1n) is 8.83. The van der Waals surface area contributed by atoms with Gasteiger partial charge in [-0.15, -0.1) is 0 Å². The molecule has 0 saturated heterocycles. The van der Waals surface area contributed by atoms with Crippen LogP contribution in [-0.4, -0.2) is 29.3 Å². The summed E-state index contributed by atoms with van der Waals surface area (Å²) in [6, 6.07) is 11.7. The molecule has 2 aromatic carbocycles. The van der Waals surface area contributed by atoms with Gasteiger partial charge in [-0.2, -0.15) is 0 Å². The number of hydrogen-bond donors (Lipinski definition) is 3. The van der Waals surface area contributed by atoms with Crippen LogP contribution in [0.4, 0.5) is 14.9 Å². The maximum atomic E-state index is 12.9. The highest BCUT2D eigenvalue weighted by atomic mass is 19.1. The van der Waals surface area contributed by atoms with Gasteiger partial charge >= 0.3 is 12.0 Å². The number of hydrogen-bond acceptors (Lipinski definition) is 3. The molecule has 7 heteroatoms. The Morgan fingerprint density at radius 1 is 0.963 bits per heavy atom. The minimum atomic E-state index is -0.966. The Kier molecular flexibility index (Phi) is 5.90. The second-order valence-corrected chi connectivity index (χ2v) is 6.53. The summed E-state index contributed by atoms with van der Waals surface area (Å²) in [5.41, 5.74) is 0.762. The second-order valence-electron chi connectivity index (χ2n) is 6.53. The molecule has 1 aliphatic rings. The lowest BCUT2D eigenvalue weighted by atomic mass is 9.93. The molecule has 0 spiro atoms. The molecule has 0 radical (unpaired) electrons. The lowest BCUT2D eigenvalue weighted by Crippen LogP contribution is -2.41. The van der Waals surface area contributed by atoms with E-state index in [1.807, 2.05) is 0 Å². The van der Waals surface area contributed by atoms with Crippen molar-refractivity contribution >= 4 is 17.7 Å². The van der Waals surface area contributed by atoms with Gasteiger partial charge in [0.25, 0.3) is 0 Å². The van der Waals surface area contributed by atoms with E-state index < -0.39 is 5.97 Å². The van der Waals surface area contributed by atoms with Crippen LogP contribution in [0.2, 0.25) is 0 Å². The van der Waals surface area contributed by atoms with Crippen molar-refractivity contribution in [2.75, 3.05) is 5.32 Å². The Morgan fingerprint density at radius 2 is 1.59 bits per heavy atom. The van der Waals surface area contributed by atoms with Gasteiger partial charge in [-0.3, -0.25) is 0 Å². The molecule has 0 aliphatic heterocycles. The van der Waals surface area contributed by atoms with Gasteiger partial charge in [0.2, 0.25) is 0 Å². The summed E-state index contributed by atoms with van der Waals surface area (Å²) in [5, 5.41) is 14.5. The molecule has 1 fully saturated rings. The third-order valence-electron chi connectivity index (χ3n) is 4.52. The number of ether oxygens (including phenoxy) is 1. The van der Waals surface area contributed by atoms with Crippen LogP contribution in [0.5, 0.6) is 5.75 Å². The van der Waals surface area contributed by atoms with Crippen molar-refractivity contribution in [3.63, 3.8) is 0 Å². The van der Waals surface area contributed by atoms with Gasteiger partial charge in [0.05, 0.1) is 11.7 Å². The molecule has 0 bridgehead atoms. The van der Waals surface area contributed by atoms with Gasteiger partial charge < -0.3 is 20.5 Å². The quantitative estimate of drug-likeness (QED) is 0.739. The van der Waals surface area contributed by atoms with E-state index in [-0.39, 0.29) is 29.6 Å². The summed E-state index contributed by atoms with van der Waals surface area (Å²) in [6.07, 6.45) is 3.20. The molecule has 27 heavy (non-hydrogen) atoms. The average Bonchev–Trinajstić information content (AvgIpc) is 2.66. The summed E-state index contributed by atoms with van der Waals surface area (Å²) < 4.78 is 18.8. The predicted molar refractivity (Wildman–Crippen MR) is 98.6 cm³/mol. The van der Waals surface area contributed by atoms with E-state index in [9.17, 15) is 14.0 Å². The number of halogens is 1. The zero-order valence-electron chi connectivity index (χ0n) is 14.7. The summed E-state index contributed by atoms with van der Waals surface area (Å²) in [5.74, 6) is -0.672. The summed E-state index contributed by atoms with van der Waals surface area (Å²) >= 11 is 0. The van der Waals surface area contributed by atoms with Gasteiger partial charge in [0, 0.05) is 11.7 Å². The molecule has 1 saturated carbocycles. The van der Waals surface area contributed by atoms with E-state index in [1.165, 1.54) is 36.4 Å². The van der Waals surface area contributed by atoms with E-state index >= 15 is 0 Å². The smallest absolute Gasteiger partial charge is 0.335 e. The van der Waals surface area contributed by atoms with Crippen molar-refractivity contribution in [2.45, 2.75) is 37.8 Å². The highest BCUT2D eigenvalue weighted by molar-refractivity contribution is 5.89. The van der Waals surface area contributed by atoms with Crippen molar-refractivity contribution < 1.29 is 23.8 Å². The van der Waals surface area contributed by atoms with Gasteiger partial charge in [-0.05, 0) is 74.2 Å². The average molecular weight is 372 g/mol. The van der Waals surface area contributed by atoms with Crippen LogP contribution in [0.3, 0.4) is 0 Å². The number of carbonyl (C=O) groups excluding carboxylic acids is 1. The fourth-order valence-corrected chi connectivity index (χ4v) is 3.08. The van der Waals surface area contributed by atoms with Crippen LogP contribution >= 0.6 is 0 Å². The van der Waals surface area contributed by atoms with Crippen molar-refractivity contribution in [3.8, 4) is 5.75 Å². The molecular weight excluding hydrogens is 351 g/mol. The van der Waals surface area contributed by atoms with Crippen LogP contribution in [0.25, 0.3) is 0 Å². The van der Waals surface area contributed by atoms with E-state index in [1.54, 1.807) is 12.1 Å². The van der Waals surface area contributed by atoms with Crippen molar-refractivity contribution in [1.82, 2.24) is 5.32 Å². The summed E-state index contributed by atoms with van der Waals surface area (Å²) in [6.45, 7) is 0. The zero-order chi connectivity index (χ0) is 19.2. The molecular formula is C20H21FN2O4. The first-order valence-corrected chi connectivity index (χ1v) is 8.83. The topological polar surface area (TPSA) is 87.7 Å². The van der Waals surface area contributed by atoms with Gasteiger partial charge in [-0.25, -0.2) is 14.0 Å². The number of benzene rings is 2. The Hall–Kier alpha value is -3.09. The SMILES string of the molecule is O=C(Nc1ccc(F)cc1)NC1CCC(Oc2ccc(C(=O)O)cc2)CC1. The van der Waals surface area contributed by atoms with Crippen LogP contribution in [-0.2, 0) is 0 Å². The Balaban J connectivity index is 1.42. The van der Waals surface area contributed by atoms with Crippen LogP contribution in [0.15, 0.2) is 48.5 Å². The maximum absolute atomic E-state index is 12.9. The number of rotatable bonds is 5. The van der Waals surface area contributed by atoms with Gasteiger partial charge in [-0.1, -0.05) is 0 Å². The van der Waals surface area contributed by atoms with E-state index in [4.69, 9.17) is 9.84 Å². The summed E-state index contributed by atoms with van der Waals surface area (Å²) in [4.78, 5) is 22.9.